The van der Waals surface area contributed by atoms with Crippen molar-refractivity contribution in [2.75, 3.05) is 20.3 Å². The fourth-order valence-electron chi connectivity index (χ4n) is 2.58. The number of hydrogen-bond donors (Lipinski definition) is 1. The van der Waals surface area contributed by atoms with Gasteiger partial charge in [-0.25, -0.2) is 0 Å². The van der Waals surface area contributed by atoms with Gasteiger partial charge in [-0.05, 0) is 39.3 Å². The van der Waals surface area contributed by atoms with Crippen molar-refractivity contribution >= 4 is 0 Å². The Balaban J connectivity index is 1.99. The van der Waals surface area contributed by atoms with Gasteiger partial charge in [-0.1, -0.05) is 13.0 Å². The molecule has 1 aliphatic rings. The van der Waals surface area contributed by atoms with Crippen LogP contribution in [0.1, 0.15) is 39.2 Å². The van der Waals surface area contributed by atoms with Gasteiger partial charge < -0.3 is 19.5 Å². The van der Waals surface area contributed by atoms with Gasteiger partial charge in [0.2, 0.25) is 0 Å². The van der Waals surface area contributed by atoms with E-state index in [1.165, 1.54) is 0 Å². The summed E-state index contributed by atoms with van der Waals surface area (Å²) in [7, 11) is 1.67. The number of nitrogens with one attached hydrogen (secondary N) is 1. The minimum atomic E-state index is -0.0188. The Morgan fingerprint density at radius 1 is 1.38 bits per heavy atom. The van der Waals surface area contributed by atoms with Crippen LogP contribution >= 0.6 is 0 Å². The number of rotatable bonds is 7. The predicted molar refractivity (Wildman–Crippen MR) is 84.1 cm³/mol. The third-order valence-electron chi connectivity index (χ3n) is 3.82. The molecule has 1 heterocycles. The van der Waals surface area contributed by atoms with E-state index in [0.717, 1.165) is 43.0 Å². The highest BCUT2D eigenvalue weighted by Gasteiger charge is 2.32. The fourth-order valence-corrected chi connectivity index (χ4v) is 2.58. The summed E-state index contributed by atoms with van der Waals surface area (Å²) in [5, 5.41) is 3.33. The van der Waals surface area contributed by atoms with Crippen LogP contribution in [0.15, 0.2) is 18.2 Å². The van der Waals surface area contributed by atoms with E-state index >= 15 is 0 Å². The van der Waals surface area contributed by atoms with Crippen LogP contribution in [0.3, 0.4) is 0 Å². The molecular weight excluding hydrogens is 266 g/mol. The van der Waals surface area contributed by atoms with Crippen LogP contribution in [-0.4, -0.2) is 32.0 Å². The van der Waals surface area contributed by atoms with Crippen LogP contribution in [0, 0.1) is 0 Å². The first-order valence-electron chi connectivity index (χ1n) is 7.72. The summed E-state index contributed by atoms with van der Waals surface area (Å²) < 4.78 is 17.3. The second kappa shape index (κ2) is 7.14. The van der Waals surface area contributed by atoms with Gasteiger partial charge in [-0.3, -0.25) is 0 Å². The molecule has 1 aromatic rings. The van der Waals surface area contributed by atoms with Crippen molar-refractivity contribution in [1.29, 1.82) is 0 Å². The molecule has 0 saturated carbocycles. The molecular formula is C17H27NO3. The van der Waals surface area contributed by atoms with Gasteiger partial charge in [-0.15, -0.1) is 0 Å². The van der Waals surface area contributed by atoms with Crippen LogP contribution in [0.25, 0.3) is 0 Å². The minimum absolute atomic E-state index is 0.0188. The number of benzene rings is 1. The maximum atomic E-state index is 6.01. The van der Waals surface area contributed by atoms with Crippen LogP contribution in [0.5, 0.6) is 11.5 Å². The average Bonchev–Trinajstić information content (AvgIpc) is 2.82. The first-order chi connectivity index (χ1) is 10.0. The molecule has 2 rings (SSSR count). The van der Waals surface area contributed by atoms with Crippen molar-refractivity contribution in [2.24, 2.45) is 0 Å². The number of hydrogen-bond acceptors (Lipinski definition) is 4. The van der Waals surface area contributed by atoms with E-state index < -0.39 is 0 Å². The highest BCUT2D eigenvalue weighted by Crippen LogP contribution is 2.31. The Labute approximate surface area is 127 Å². The monoisotopic (exact) mass is 293 g/mol. The van der Waals surface area contributed by atoms with Crippen LogP contribution < -0.4 is 14.8 Å². The molecule has 1 saturated heterocycles. The van der Waals surface area contributed by atoms with Crippen molar-refractivity contribution in [3.05, 3.63) is 23.8 Å². The molecule has 118 valence electrons. The zero-order chi connectivity index (χ0) is 15.3. The Bertz CT molecular complexity index is 459. The Kier molecular flexibility index (Phi) is 5.48. The Hall–Kier alpha value is -1.26. The van der Waals surface area contributed by atoms with Crippen molar-refractivity contribution in [2.45, 2.75) is 51.9 Å². The summed E-state index contributed by atoms with van der Waals surface area (Å²) in [5.41, 5.74) is 1.13. The molecule has 1 N–H and O–H groups in total. The summed E-state index contributed by atoms with van der Waals surface area (Å²) in [6.07, 6.45) is 2.32. The largest absolute Gasteiger partial charge is 0.497 e. The topological polar surface area (TPSA) is 39.7 Å². The van der Waals surface area contributed by atoms with E-state index in [-0.39, 0.29) is 11.7 Å². The molecule has 0 spiro atoms. The lowest BCUT2D eigenvalue weighted by molar-refractivity contribution is -0.0327. The first-order valence-corrected chi connectivity index (χ1v) is 7.72. The van der Waals surface area contributed by atoms with Gasteiger partial charge in [0.1, 0.15) is 18.1 Å². The fraction of sp³-hybridized carbons (Fsp3) is 0.647. The highest BCUT2D eigenvalue weighted by molar-refractivity contribution is 5.40. The van der Waals surface area contributed by atoms with E-state index in [9.17, 15) is 0 Å². The zero-order valence-electron chi connectivity index (χ0n) is 13.6. The van der Waals surface area contributed by atoms with E-state index in [4.69, 9.17) is 14.2 Å². The van der Waals surface area contributed by atoms with Crippen molar-refractivity contribution in [3.63, 3.8) is 0 Å². The lowest BCUT2D eigenvalue weighted by Crippen LogP contribution is -2.24. The third-order valence-corrected chi connectivity index (χ3v) is 3.82. The van der Waals surface area contributed by atoms with E-state index in [2.05, 4.69) is 32.2 Å². The normalized spacial score (nSPS) is 20.5. The second-order valence-electron chi connectivity index (χ2n) is 6.10. The molecule has 0 amide bonds. The number of ether oxygens (including phenoxy) is 3. The van der Waals surface area contributed by atoms with Gasteiger partial charge in [0, 0.05) is 18.2 Å². The van der Waals surface area contributed by atoms with E-state index in [1.54, 1.807) is 7.11 Å². The molecule has 1 fully saturated rings. The first kappa shape index (κ1) is 16.1. The van der Waals surface area contributed by atoms with Gasteiger partial charge in [0.15, 0.2) is 0 Å². The smallest absolute Gasteiger partial charge is 0.127 e. The minimum Gasteiger partial charge on any atom is -0.497 e. The summed E-state index contributed by atoms with van der Waals surface area (Å²) in [6.45, 7) is 8.69. The SMILES string of the molecule is CCNCc1ccc(OC)cc1OCC1CCC(C)(C)O1. The Morgan fingerprint density at radius 3 is 2.81 bits per heavy atom. The molecule has 0 bridgehead atoms. The maximum Gasteiger partial charge on any atom is 0.127 e. The van der Waals surface area contributed by atoms with Crippen molar-refractivity contribution in [1.82, 2.24) is 5.32 Å². The zero-order valence-corrected chi connectivity index (χ0v) is 13.6. The molecule has 1 aromatic carbocycles. The molecule has 4 nitrogen and oxygen atoms in total. The van der Waals surface area contributed by atoms with Crippen molar-refractivity contribution < 1.29 is 14.2 Å². The van der Waals surface area contributed by atoms with E-state index in [1.807, 2.05) is 12.1 Å². The Morgan fingerprint density at radius 2 is 2.19 bits per heavy atom. The molecule has 0 radical (unpaired) electrons. The third kappa shape index (κ3) is 4.61. The second-order valence-corrected chi connectivity index (χ2v) is 6.10. The van der Waals surface area contributed by atoms with Gasteiger partial charge >= 0.3 is 0 Å². The molecule has 4 heteroatoms. The molecule has 1 aliphatic heterocycles. The van der Waals surface area contributed by atoms with Gasteiger partial charge in [0.25, 0.3) is 0 Å². The molecule has 0 aromatic heterocycles. The quantitative estimate of drug-likeness (QED) is 0.838. The van der Waals surface area contributed by atoms with Gasteiger partial charge in [-0.2, -0.15) is 0 Å². The predicted octanol–water partition coefficient (Wildman–Crippen LogP) is 3.14. The molecule has 1 atom stereocenters. The van der Waals surface area contributed by atoms with Crippen LogP contribution in [0.2, 0.25) is 0 Å². The lowest BCUT2D eigenvalue weighted by Gasteiger charge is -2.20. The maximum absolute atomic E-state index is 6.01. The van der Waals surface area contributed by atoms with E-state index in [0.29, 0.717) is 6.61 Å². The highest BCUT2D eigenvalue weighted by atomic mass is 16.6. The summed E-state index contributed by atoms with van der Waals surface area (Å²) in [6, 6.07) is 5.97. The number of methoxy groups -OCH3 is 1. The van der Waals surface area contributed by atoms with Crippen molar-refractivity contribution in [3.8, 4) is 11.5 Å². The van der Waals surface area contributed by atoms with Crippen LogP contribution in [-0.2, 0) is 11.3 Å². The summed E-state index contributed by atoms with van der Waals surface area (Å²) >= 11 is 0. The van der Waals surface area contributed by atoms with Gasteiger partial charge in [0.05, 0.1) is 18.8 Å². The average molecular weight is 293 g/mol. The summed E-state index contributed by atoms with van der Waals surface area (Å²) in [4.78, 5) is 0. The molecule has 0 aliphatic carbocycles. The summed E-state index contributed by atoms with van der Waals surface area (Å²) in [5.74, 6) is 1.70. The molecule has 21 heavy (non-hydrogen) atoms. The standard InChI is InChI=1S/C17H27NO3/c1-5-18-11-13-6-7-14(19-4)10-16(13)20-12-15-8-9-17(2,3)21-15/h6-7,10,15,18H,5,8-9,11-12H2,1-4H3. The lowest BCUT2D eigenvalue weighted by atomic mass is 10.1. The van der Waals surface area contributed by atoms with Crippen LogP contribution in [0.4, 0.5) is 0 Å². The molecule has 1 unspecified atom stereocenters.